The summed E-state index contributed by atoms with van der Waals surface area (Å²) < 4.78 is 7.81. The van der Waals surface area contributed by atoms with Crippen molar-refractivity contribution in [1.29, 1.82) is 0 Å². The van der Waals surface area contributed by atoms with E-state index in [-0.39, 0.29) is 0 Å². The molecule has 18 heavy (non-hydrogen) atoms. The molecule has 2 unspecified atom stereocenters. The second-order valence-electron chi connectivity index (χ2n) is 4.82. The van der Waals surface area contributed by atoms with Crippen molar-refractivity contribution in [2.45, 2.75) is 58.2 Å². The van der Waals surface area contributed by atoms with Gasteiger partial charge in [0, 0.05) is 25.6 Å². The van der Waals surface area contributed by atoms with Crippen molar-refractivity contribution in [3.8, 4) is 0 Å². The van der Waals surface area contributed by atoms with Gasteiger partial charge in [0.2, 0.25) is 0 Å². The first-order valence-electron chi connectivity index (χ1n) is 7.06. The molecule has 1 fully saturated rings. The average molecular weight is 252 g/mol. The molecule has 1 aromatic rings. The molecule has 1 aliphatic rings. The van der Waals surface area contributed by atoms with Crippen LogP contribution in [-0.4, -0.2) is 40.1 Å². The quantitative estimate of drug-likeness (QED) is 0.796. The minimum Gasteiger partial charge on any atom is -0.377 e. The first-order valence-corrected chi connectivity index (χ1v) is 7.06. The van der Waals surface area contributed by atoms with Crippen LogP contribution in [0.2, 0.25) is 0 Å². The smallest absolute Gasteiger partial charge is 0.138 e. The van der Waals surface area contributed by atoms with E-state index in [1.54, 1.807) is 6.33 Å². The molecule has 2 atom stereocenters. The van der Waals surface area contributed by atoms with Crippen LogP contribution in [0.5, 0.6) is 0 Å². The maximum atomic E-state index is 5.80. The summed E-state index contributed by atoms with van der Waals surface area (Å²) in [5.41, 5.74) is 0. The molecule has 1 saturated heterocycles. The minimum absolute atomic E-state index is 0.330. The Balaban J connectivity index is 2.00. The van der Waals surface area contributed by atoms with Crippen LogP contribution < -0.4 is 5.32 Å². The van der Waals surface area contributed by atoms with E-state index >= 15 is 0 Å². The van der Waals surface area contributed by atoms with Crippen molar-refractivity contribution in [3.63, 3.8) is 0 Å². The van der Waals surface area contributed by atoms with Gasteiger partial charge in [-0.15, -0.1) is 0 Å². The molecule has 0 bridgehead atoms. The molecule has 5 heteroatoms. The molecule has 0 aromatic carbocycles. The molecule has 2 heterocycles. The topological polar surface area (TPSA) is 52.0 Å². The van der Waals surface area contributed by atoms with Crippen LogP contribution >= 0.6 is 0 Å². The lowest BCUT2D eigenvalue weighted by Crippen LogP contribution is -2.41. The first kappa shape index (κ1) is 13.5. The van der Waals surface area contributed by atoms with Crippen LogP contribution in [-0.2, 0) is 17.7 Å². The zero-order valence-corrected chi connectivity index (χ0v) is 11.4. The maximum absolute atomic E-state index is 5.80. The first-order chi connectivity index (χ1) is 8.85. The second-order valence-corrected chi connectivity index (χ2v) is 4.82. The molecule has 5 nitrogen and oxygen atoms in total. The molecule has 0 aliphatic carbocycles. The Morgan fingerprint density at radius 2 is 2.44 bits per heavy atom. The molecule has 1 aliphatic heterocycles. The summed E-state index contributed by atoms with van der Waals surface area (Å²) in [5.74, 6) is 1.07. The highest BCUT2D eigenvalue weighted by Gasteiger charge is 2.26. The number of aromatic nitrogens is 3. The van der Waals surface area contributed by atoms with Gasteiger partial charge in [0.05, 0.1) is 6.10 Å². The van der Waals surface area contributed by atoms with Crippen molar-refractivity contribution in [2.24, 2.45) is 0 Å². The Bertz CT molecular complexity index is 347. The maximum Gasteiger partial charge on any atom is 0.138 e. The van der Waals surface area contributed by atoms with Crippen molar-refractivity contribution in [3.05, 3.63) is 12.2 Å². The van der Waals surface area contributed by atoms with Gasteiger partial charge >= 0.3 is 0 Å². The molecule has 0 spiro atoms. The van der Waals surface area contributed by atoms with E-state index in [1.807, 2.05) is 4.68 Å². The van der Waals surface area contributed by atoms with Gasteiger partial charge in [-0.25, -0.2) is 4.98 Å². The number of nitrogens with zero attached hydrogens (tertiary/aromatic N) is 3. The normalized spacial score (nSPS) is 21.3. The monoisotopic (exact) mass is 252 g/mol. The Labute approximate surface area is 109 Å². The Morgan fingerprint density at radius 3 is 3.11 bits per heavy atom. The van der Waals surface area contributed by atoms with E-state index in [0.29, 0.717) is 12.1 Å². The predicted molar refractivity (Wildman–Crippen MR) is 70.5 cm³/mol. The summed E-state index contributed by atoms with van der Waals surface area (Å²) in [6.45, 7) is 7.10. The van der Waals surface area contributed by atoms with E-state index in [4.69, 9.17) is 4.74 Å². The standard InChI is InChI=1S/C13H24N4O/c1-3-7-17-13(15-10-16-17)9-11(14-4-2)12-6-5-8-18-12/h10-12,14H,3-9H2,1-2H3. The van der Waals surface area contributed by atoms with E-state index in [9.17, 15) is 0 Å². The molecule has 0 amide bonds. The van der Waals surface area contributed by atoms with E-state index in [2.05, 4.69) is 29.2 Å². The molecular formula is C13H24N4O. The number of nitrogens with one attached hydrogen (secondary N) is 1. The summed E-state index contributed by atoms with van der Waals surface area (Å²) >= 11 is 0. The SMILES string of the molecule is CCCn1ncnc1CC(NCC)C1CCCO1. The Kier molecular flexibility index (Phi) is 5.13. The summed E-state index contributed by atoms with van der Waals surface area (Å²) in [5, 5.41) is 7.81. The highest BCUT2D eigenvalue weighted by Crippen LogP contribution is 2.18. The lowest BCUT2D eigenvalue weighted by molar-refractivity contribution is 0.0779. The number of likely N-dealkylation sites (N-methyl/N-ethyl adjacent to an activating group) is 1. The third-order valence-electron chi connectivity index (χ3n) is 3.41. The van der Waals surface area contributed by atoms with Crippen molar-refractivity contribution < 1.29 is 4.74 Å². The Hall–Kier alpha value is -0.940. The molecule has 2 rings (SSSR count). The van der Waals surface area contributed by atoms with Crippen LogP contribution in [0.25, 0.3) is 0 Å². The largest absolute Gasteiger partial charge is 0.377 e. The van der Waals surface area contributed by atoms with Crippen LogP contribution in [0.1, 0.15) is 38.9 Å². The number of rotatable bonds is 7. The number of ether oxygens (including phenoxy) is 1. The van der Waals surface area contributed by atoms with Gasteiger partial charge in [0.25, 0.3) is 0 Å². The highest BCUT2D eigenvalue weighted by molar-refractivity contribution is 4.93. The molecule has 0 radical (unpaired) electrons. The minimum atomic E-state index is 0.330. The fourth-order valence-corrected chi connectivity index (χ4v) is 2.56. The highest BCUT2D eigenvalue weighted by atomic mass is 16.5. The second kappa shape index (κ2) is 6.85. The number of aryl methyl sites for hydroxylation is 1. The van der Waals surface area contributed by atoms with Gasteiger partial charge in [-0.1, -0.05) is 13.8 Å². The van der Waals surface area contributed by atoms with Crippen LogP contribution in [0.3, 0.4) is 0 Å². The molecule has 1 aromatic heterocycles. The van der Waals surface area contributed by atoms with Gasteiger partial charge in [-0.05, 0) is 25.8 Å². The van der Waals surface area contributed by atoms with Crippen LogP contribution in [0, 0.1) is 0 Å². The van der Waals surface area contributed by atoms with Gasteiger partial charge < -0.3 is 10.1 Å². The molecular weight excluding hydrogens is 228 g/mol. The van der Waals surface area contributed by atoms with Crippen LogP contribution in [0.4, 0.5) is 0 Å². The van der Waals surface area contributed by atoms with Crippen molar-refractivity contribution in [2.75, 3.05) is 13.2 Å². The zero-order valence-electron chi connectivity index (χ0n) is 11.4. The van der Waals surface area contributed by atoms with Gasteiger partial charge in [0.15, 0.2) is 0 Å². The summed E-state index contributed by atoms with van der Waals surface area (Å²) in [7, 11) is 0. The van der Waals surface area contributed by atoms with Crippen molar-refractivity contribution in [1.82, 2.24) is 20.1 Å². The zero-order chi connectivity index (χ0) is 12.8. The fraction of sp³-hybridized carbons (Fsp3) is 0.846. The Morgan fingerprint density at radius 1 is 1.56 bits per heavy atom. The summed E-state index contributed by atoms with van der Waals surface area (Å²) in [6, 6.07) is 0.359. The van der Waals surface area contributed by atoms with Gasteiger partial charge in [-0.3, -0.25) is 4.68 Å². The van der Waals surface area contributed by atoms with Gasteiger partial charge in [-0.2, -0.15) is 5.10 Å². The number of hydrogen-bond donors (Lipinski definition) is 1. The summed E-state index contributed by atoms with van der Waals surface area (Å²) in [4.78, 5) is 4.38. The molecule has 0 saturated carbocycles. The molecule has 102 valence electrons. The van der Waals surface area contributed by atoms with Crippen LogP contribution in [0.15, 0.2) is 6.33 Å². The predicted octanol–water partition coefficient (Wildman–Crippen LogP) is 1.39. The third-order valence-corrected chi connectivity index (χ3v) is 3.41. The fourth-order valence-electron chi connectivity index (χ4n) is 2.56. The lowest BCUT2D eigenvalue weighted by atomic mass is 10.0. The van der Waals surface area contributed by atoms with Gasteiger partial charge in [0.1, 0.15) is 12.2 Å². The number of hydrogen-bond acceptors (Lipinski definition) is 4. The third kappa shape index (κ3) is 3.29. The van der Waals surface area contributed by atoms with E-state index < -0.39 is 0 Å². The van der Waals surface area contributed by atoms with E-state index in [0.717, 1.165) is 44.8 Å². The lowest BCUT2D eigenvalue weighted by Gasteiger charge is -2.23. The average Bonchev–Trinajstić information content (AvgIpc) is 3.01. The molecule has 1 N–H and O–H groups in total. The summed E-state index contributed by atoms with van der Waals surface area (Å²) in [6.07, 6.45) is 6.30. The van der Waals surface area contributed by atoms with E-state index in [1.165, 1.54) is 6.42 Å². The van der Waals surface area contributed by atoms with Crippen molar-refractivity contribution >= 4 is 0 Å².